The summed E-state index contributed by atoms with van der Waals surface area (Å²) in [5.74, 6) is -1.49. The van der Waals surface area contributed by atoms with Gasteiger partial charge in [-0.2, -0.15) is 5.10 Å². The average molecular weight is 463 g/mol. The number of thiocarbonyl (C=S) groups is 1. The summed E-state index contributed by atoms with van der Waals surface area (Å²) in [5, 5.41) is 20.3. The SMILES string of the molecule is CC1=C(C(=O)N/N=C/c2ccc(Cl)cc2Cl)C(c2ccc(C(=O)O)cc2)NC(=S)N1. The van der Waals surface area contributed by atoms with Crippen LogP contribution < -0.4 is 16.1 Å². The van der Waals surface area contributed by atoms with Crippen molar-refractivity contribution in [3.05, 3.63) is 80.5 Å². The molecule has 1 unspecified atom stereocenters. The third-order valence-electron chi connectivity index (χ3n) is 4.34. The molecule has 2 aromatic carbocycles. The molecular formula is C20H16Cl2N4O3S. The largest absolute Gasteiger partial charge is 0.478 e. The fourth-order valence-electron chi connectivity index (χ4n) is 2.89. The molecule has 0 aromatic heterocycles. The molecule has 0 bridgehead atoms. The van der Waals surface area contributed by atoms with Crippen molar-refractivity contribution in [2.75, 3.05) is 0 Å². The molecule has 4 N–H and O–H groups in total. The number of allylic oxidation sites excluding steroid dienone is 1. The first-order valence-electron chi connectivity index (χ1n) is 8.66. The van der Waals surface area contributed by atoms with E-state index in [2.05, 4.69) is 21.2 Å². The fraction of sp³-hybridized carbons (Fsp3) is 0.100. The van der Waals surface area contributed by atoms with Gasteiger partial charge in [-0.25, -0.2) is 10.2 Å². The molecule has 0 spiro atoms. The lowest BCUT2D eigenvalue weighted by atomic mass is 9.94. The average Bonchev–Trinajstić information content (AvgIpc) is 2.69. The third-order valence-corrected chi connectivity index (χ3v) is 5.12. The van der Waals surface area contributed by atoms with Crippen molar-refractivity contribution in [3.63, 3.8) is 0 Å². The summed E-state index contributed by atoms with van der Waals surface area (Å²) in [7, 11) is 0. The number of amides is 1. The van der Waals surface area contributed by atoms with Gasteiger partial charge in [0.25, 0.3) is 5.91 Å². The van der Waals surface area contributed by atoms with Crippen molar-refractivity contribution < 1.29 is 14.7 Å². The summed E-state index contributed by atoms with van der Waals surface area (Å²) in [6, 6.07) is 10.5. The third kappa shape index (κ3) is 4.96. The number of carboxylic acids is 1. The lowest BCUT2D eigenvalue weighted by Crippen LogP contribution is -2.46. The highest BCUT2D eigenvalue weighted by molar-refractivity contribution is 7.80. The lowest BCUT2D eigenvalue weighted by molar-refractivity contribution is -0.117. The Kier molecular flexibility index (Phi) is 6.71. The van der Waals surface area contributed by atoms with E-state index in [1.807, 2.05) is 0 Å². The van der Waals surface area contributed by atoms with Crippen LogP contribution in [0.15, 0.2) is 58.8 Å². The number of hydrogen-bond donors (Lipinski definition) is 4. The van der Waals surface area contributed by atoms with Crippen LogP contribution in [0.4, 0.5) is 0 Å². The Balaban J connectivity index is 1.83. The number of hydrogen-bond acceptors (Lipinski definition) is 4. The number of nitrogens with zero attached hydrogens (tertiary/aromatic N) is 1. The Bertz CT molecular complexity index is 1080. The molecule has 1 atom stereocenters. The molecule has 0 aliphatic carbocycles. The highest BCUT2D eigenvalue weighted by Gasteiger charge is 2.29. The van der Waals surface area contributed by atoms with E-state index in [0.29, 0.717) is 37.6 Å². The molecule has 1 heterocycles. The van der Waals surface area contributed by atoms with E-state index >= 15 is 0 Å². The number of benzene rings is 2. The molecule has 10 heteroatoms. The first kappa shape index (κ1) is 21.8. The molecule has 154 valence electrons. The van der Waals surface area contributed by atoms with Gasteiger partial charge in [-0.05, 0) is 49.0 Å². The Morgan fingerprint density at radius 3 is 2.53 bits per heavy atom. The Hall–Kier alpha value is -2.94. The van der Waals surface area contributed by atoms with Crippen LogP contribution in [-0.2, 0) is 4.79 Å². The topological polar surface area (TPSA) is 103 Å². The second-order valence-corrected chi connectivity index (χ2v) is 7.61. The monoisotopic (exact) mass is 462 g/mol. The lowest BCUT2D eigenvalue weighted by Gasteiger charge is -2.30. The molecule has 0 saturated carbocycles. The minimum atomic E-state index is -1.03. The fourth-order valence-corrected chi connectivity index (χ4v) is 3.62. The smallest absolute Gasteiger partial charge is 0.335 e. The minimum Gasteiger partial charge on any atom is -0.478 e. The molecule has 0 saturated heterocycles. The van der Waals surface area contributed by atoms with E-state index in [4.69, 9.17) is 40.5 Å². The first-order chi connectivity index (χ1) is 14.3. The van der Waals surface area contributed by atoms with Gasteiger partial charge < -0.3 is 15.7 Å². The van der Waals surface area contributed by atoms with Crippen molar-refractivity contribution in [1.82, 2.24) is 16.1 Å². The van der Waals surface area contributed by atoms with Crippen LogP contribution in [0.5, 0.6) is 0 Å². The van der Waals surface area contributed by atoms with Gasteiger partial charge in [-0.15, -0.1) is 0 Å². The Labute approximate surface area is 187 Å². The van der Waals surface area contributed by atoms with Gasteiger partial charge in [0.1, 0.15) is 0 Å². The molecule has 0 fully saturated rings. The second kappa shape index (κ2) is 9.25. The molecule has 1 amide bonds. The summed E-state index contributed by atoms with van der Waals surface area (Å²) in [4.78, 5) is 23.9. The van der Waals surface area contributed by atoms with Crippen molar-refractivity contribution >= 4 is 58.6 Å². The molecule has 1 aliphatic heterocycles. The van der Waals surface area contributed by atoms with Crippen LogP contribution in [0, 0.1) is 0 Å². The maximum atomic E-state index is 12.8. The summed E-state index contributed by atoms with van der Waals surface area (Å²) in [5.41, 5.74) is 4.82. The van der Waals surface area contributed by atoms with E-state index in [1.54, 1.807) is 37.3 Å². The summed E-state index contributed by atoms with van der Waals surface area (Å²) in [6.45, 7) is 1.72. The molecular weight excluding hydrogens is 447 g/mol. The Morgan fingerprint density at radius 1 is 1.20 bits per heavy atom. The van der Waals surface area contributed by atoms with Gasteiger partial charge in [-0.3, -0.25) is 4.79 Å². The number of rotatable bonds is 5. The molecule has 1 aliphatic rings. The van der Waals surface area contributed by atoms with E-state index in [1.165, 1.54) is 18.3 Å². The quantitative estimate of drug-likeness (QED) is 0.307. The number of aromatic carboxylic acids is 1. The standard InChI is InChI=1S/C20H16Cl2N4O3S/c1-10-16(18(27)26-23-9-13-6-7-14(21)8-15(13)22)17(25-20(30)24-10)11-2-4-12(5-3-11)19(28)29/h2-9,17H,1H3,(H,26,27)(H,28,29)(H2,24,25,30)/b23-9+. The zero-order valence-corrected chi connectivity index (χ0v) is 17.9. The number of carbonyl (C=O) groups excluding carboxylic acids is 1. The normalized spacial score (nSPS) is 16.2. The van der Waals surface area contributed by atoms with E-state index in [9.17, 15) is 9.59 Å². The zero-order valence-electron chi connectivity index (χ0n) is 15.6. The Morgan fingerprint density at radius 2 is 1.90 bits per heavy atom. The summed E-state index contributed by atoms with van der Waals surface area (Å²) in [6.07, 6.45) is 1.41. The summed E-state index contributed by atoms with van der Waals surface area (Å²) < 4.78 is 0. The van der Waals surface area contributed by atoms with Crippen LogP contribution in [-0.4, -0.2) is 28.3 Å². The maximum Gasteiger partial charge on any atom is 0.335 e. The highest BCUT2D eigenvalue weighted by Crippen LogP contribution is 2.27. The van der Waals surface area contributed by atoms with Gasteiger partial charge in [0, 0.05) is 16.3 Å². The predicted octanol–water partition coefficient (Wildman–Crippen LogP) is 3.63. The van der Waals surface area contributed by atoms with Crippen molar-refractivity contribution in [2.45, 2.75) is 13.0 Å². The highest BCUT2D eigenvalue weighted by atomic mass is 35.5. The van der Waals surface area contributed by atoms with E-state index in [0.717, 1.165) is 0 Å². The molecule has 0 radical (unpaired) electrons. The van der Waals surface area contributed by atoms with Crippen LogP contribution >= 0.6 is 35.4 Å². The van der Waals surface area contributed by atoms with Gasteiger partial charge in [-0.1, -0.05) is 41.4 Å². The van der Waals surface area contributed by atoms with Crippen molar-refractivity contribution in [1.29, 1.82) is 0 Å². The van der Waals surface area contributed by atoms with Gasteiger partial charge in [0.05, 0.1) is 28.4 Å². The molecule has 7 nitrogen and oxygen atoms in total. The van der Waals surface area contributed by atoms with Crippen molar-refractivity contribution in [2.24, 2.45) is 5.10 Å². The number of carboxylic acid groups (broad SMARTS) is 1. The second-order valence-electron chi connectivity index (χ2n) is 6.36. The summed E-state index contributed by atoms with van der Waals surface area (Å²) >= 11 is 17.2. The first-order valence-corrected chi connectivity index (χ1v) is 9.82. The predicted molar refractivity (Wildman–Crippen MR) is 120 cm³/mol. The van der Waals surface area contributed by atoms with Gasteiger partial charge >= 0.3 is 5.97 Å². The minimum absolute atomic E-state index is 0.145. The maximum absolute atomic E-state index is 12.8. The molecule has 30 heavy (non-hydrogen) atoms. The van der Waals surface area contributed by atoms with Gasteiger partial charge in [0.2, 0.25) is 0 Å². The van der Waals surface area contributed by atoms with Crippen LogP contribution in [0.2, 0.25) is 10.0 Å². The van der Waals surface area contributed by atoms with E-state index < -0.39 is 17.9 Å². The number of carbonyl (C=O) groups is 2. The van der Waals surface area contributed by atoms with E-state index in [-0.39, 0.29) is 5.56 Å². The zero-order chi connectivity index (χ0) is 21.8. The number of halogens is 2. The van der Waals surface area contributed by atoms with Crippen LogP contribution in [0.25, 0.3) is 0 Å². The van der Waals surface area contributed by atoms with Gasteiger partial charge in [0.15, 0.2) is 5.11 Å². The van der Waals surface area contributed by atoms with Crippen LogP contribution in [0.3, 0.4) is 0 Å². The molecule has 2 aromatic rings. The number of hydrazone groups is 1. The van der Waals surface area contributed by atoms with Crippen molar-refractivity contribution in [3.8, 4) is 0 Å². The van der Waals surface area contributed by atoms with Crippen LogP contribution in [0.1, 0.15) is 34.5 Å². The molecule has 3 rings (SSSR count). The number of nitrogens with one attached hydrogen (secondary N) is 3.